The van der Waals surface area contributed by atoms with Gasteiger partial charge in [0.15, 0.2) is 0 Å². The fraction of sp³-hybridized carbons (Fsp3) is 0.188. The van der Waals surface area contributed by atoms with Gasteiger partial charge in [0.1, 0.15) is 5.78 Å². The third-order valence-electron chi connectivity index (χ3n) is 3.62. The van der Waals surface area contributed by atoms with E-state index in [2.05, 4.69) is 6.07 Å². The van der Waals surface area contributed by atoms with E-state index in [4.69, 9.17) is 23.2 Å². The lowest BCUT2D eigenvalue weighted by molar-refractivity contribution is -0.120. The van der Waals surface area contributed by atoms with Crippen LogP contribution in [0.4, 0.5) is 0 Å². The van der Waals surface area contributed by atoms with E-state index >= 15 is 0 Å². The topological polar surface area (TPSA) is 17.1 Å². The molecule has 1 aliphatic carbocycles. The molecule has 1 aliphatic rings. The molecule has 0 N–H and O–H groups in total. The quantitative estimate of drug-likeness (QED) is 0.816. The molecule has 0 fully saturated rings. The first kappa shape index (κ1) is 12.7. The van der Waals surface area contributed by atoms with Crippen LogP contribution < -0.4 is 0 Å². The number of fused-ring (bicyclic) bond motifs is 1. The Morgan fingerprint density at radius 1 is 1.16 bits per heavy atom. The number of hydrogen-bond donors (Lipinski definition) is 0. The van der Waals surface area contributed by atoms with Gasteiger partial charge in [-0.2, -0.15) is 0 Å². The summed E-state index contributed by atoms with van der Waals surface area (Å²) in [5, 5.41) is 1.21. The zero-order chi connectivity index (χ0) is 13.4. The number of ketones is 1. The number of carbonyl (C=O) groups is 1. The molecule has 1 atom stereocenters. The van der Waals surface area contributed by atoms with Crippen LogP contribution in [0, 0.1) is 0 Å². The summed E-state index contributed by atoms with van der Waals surface area (Å²) in [6.45, 7) is 0. The Bertz CT molecular complexity index is 649. The third-order valence-corrected chi connectivity index (χ3v) is 4.22. The number of rotatable bonds is 3. The molecule has 2 aromatic rings. The van der Waals surface area contributed by atoms with Crippen molar-refractivity contribution < 1.29 is 4.79 Å². The van der Waals surface area contributed by atoms with Crippen molar-refractivity contribution in [3.63, 3.8) is 0 Å². The van der Waals surface area contributed by atoms with Crippen LogP contribution in [0.1, 0.15) is 22.6 Å². The fourth-order valence-electron chi connectivity index (χ4n) is 2.54. The minimum absolute atomic E-state index is 0.0197. The average Bonchev–Trinajstić information content (AvgIpc) is 2.35. The Labute approximate surface area is 122 Å². The smallest absolute Gasteiger partial charge is 0.145 e. The van der Waals surface area contributed by atoms with Crippen LogP contribution in [-0.4, -0.2) is 5.78 Å². The minimum Gasteiger partial charge on any atom is -0.299 e. The second kappa shape index (κ2) is 4.99. The van der Waals surface area contributed by atoms with Gasteiger partial charge in [-0.3, -0.25) is 4.79 Å². The highest BCUT2D eigenvalue weighted by Crippen LogP contribution is 2.36. The minimum atomic E-state index is 0.0197. The van der Waals surface area contributed by atoms with Gasteiger partial charge in [-0.25, -0.2) is 0 Å². The van der Waals surface area contributed by atoms with E-state index in [9.17, 15) is 4.79 Å². The van der Waals surface area contributed by atoms with Gasteiger partial charge in [0.25, 0.3) is 0 Å². The van der Waals surface area contributed by atoms with Crippen molar-refractivity contribution in [2.24, 2.45) is 0 Å². The molecule has 1 unspecified atom stereocenters. The molecule has 0 amide bonds. The predicted molar refractivity (Wildman–Crippen MR) is 78.1 cm³/mol. The molecule has 0 spiro atoms. The standard InChI is InChI=1S/C16H12Cl2O/c17-12-5-6-15(18)11(7-12)9-16(19)14-8-10-3-1-2-4-13(10)14/h1-7,14H,8-9H2. The van der Waals surface area contributed by atoms with Crippen LogP contribution in [0.3, 0.4) is 0 Å². The number of Topliss-reactive ketones (excluding diaryl/α,β-unsaturated/α-hetero) is 1. The van der Waals surface area contributed by atoms with E-state index in [1.165, 1.54) is 5.56 Å². The SMILES string of the molecule is O=C(Cc1cc(Cl)ccc1Cl)C1Cc2ccccc21. The molecular formula is C16H12Cl2O. The summed E-state index contributed by atoms with van der Waals surface area (Å²) in [6.07, 6.45) is 1.19. The van der Waals surface area contributed by atoms with Crippen molar-refractivity contribution in [3.05, 3.63) is 69.2 Å². The molecule has 3 heteroatoms. The lowest BCUT2D eigenvalue weighted by Crippen LogP contribution is -2.26. The molecule has 1 nitrogen and oxygen atoms in total. The van der Waals surface area contributed by atoms with Crippen LogP contribution in [0.25, 0.3) is 0 Å². The maximum Gasteiger partial charge on any atom is 0.145 e. The lowest BCUT2D eigenvalue weighted by Gasteiger charge is -2.28. The molecule has 0 heterocycles. The number of halogens is 2. The Morgan fingerprint density at radius 2 is 1.95 bits per heavy atom. The maximum atomic E-state index is 12.3. The van der Waals surface area contributed by atoms with Crippen LogP contribution in [-0.2, 0) is 17.6 Å². The zero-order valence-corrected chi connectivity index (χ0v) is 11.7. The van der Waals surface area contributed by atoms with Gasteiger partial charge >= 0.3 is 0 Å². The first-order chi connectivity index (χ1) is 9.15. The molecule has 3 rings (SSSR count). The summed E-state index contributed by atoms with van der Waals surface area (Å²) in [5.74, 6) is 0.231. The second-order valence-electron chi connectivity index (χ2n) is 4.83. The van der Waals surface area contributed by atoms with Gasteiger partial charge < -0.3 is 0 Å². The summed E-state index contributed by atoms with van der Waals surface area (Å²) < 4.78 is 0. The molecule has 19 heavy (non-hydrogen) atoms. The van der Waals surface area contributed by atoms with Gasteiger partial charge in [-0.15, -0.1) is 0 Å². The third kappa shape index (κ3) is 2.41. The second-order valence-corrected chi connectivity index (χ2v) is 5.68. The van der Waals surface area contributed by atoms with E-state index in [0.29, 0.717) is 16.5 Å². The van der Waals surface area contributed by atoms with Crippen molar-refractivity contribution in [1.29, 1.82) is 0 Å². The largest absolute Gasteiger partial charge is 0.299 e. The van der Waals surface area contributed by atoms with Gasteiger partial charge in [0, 0.05) is 22.4 Å². The van der Waals surface area contributed by atoms with Crippen molar-refractivity contribution in [2.45, 2.75) is 18.8 Å². The van der Waals surface area contributed by atoms with E-state index in [1.54, 1.807) is 18.2 Å². The van der Waals surface area contributed by atoms with Crippen molar-refractivity contribution in [3.8, 4) is 0 Å². The number of benzene rings is 2. The van der Waals surface area contributed by atoms with Crippen molar-refractivity contribution in [1.82, 2.24) is 0 Å². The molecule has 2 aromatic carbocycles. The highest BCUT2D eigenvalue weighted by molar-refractivity contribution is 6.33. The van der Waals surface area contributed by atoms with E-state index < -0.39 is 0 Å². The van der Waals surface area contributed by atoms with Gasteiger partial charge in [-0.05, 0) is 41.3 Å². The summed E-state index contributed by atoms with van der Waals surface area (Å²) in [7, 11) is 0. The molecule has 0 saturated carbocycles. The number of hydrogen-bond acceptors (Lipinski definition) is 1. The average molecular weight is 291 g/mol. The van der Waals surface area contributed by atoms with Crippen LogP contribution >= 0.6 is 23.2 Å². The van der Waals surface area contributed by atoms with E-state index in [-0.39, 0.29) is 11.7 Å². The monoisotopic (exact) mass is 290 g/mol. The van der Waals surface area contributed by atoms with Gasteiger partial charge in [0.2, 0.25) is 0 Å². The lowest BCUT2D eigenvalue weighted by atomic mass is 9.74. The highest BCUT2D eigenvalue weighted by Gasteiger charge is 2.31. The Morgan fingerprint density at radius 3 is 2.74 bits per heavy atom. The van der Waals surface area contributed by atoms with Gasteiger partial charge in [-0.1, -0.05) is 47.5 Å². The molecule has 0 aliphatic heterocycles. The maximum absolute atomic E-state index is 12.3. The molecule has 96 valence electrons. The Hall–Kier alpha value is -1.31. The highest BCUT2D eigenvalue weighted by atomic mass is 35.5. The summed E-state index contributed by atoms with van der Waals surface area (Å²) in [5.41, 5.74) is 3.24. The van der Waals surface area contributed by atoms with E-state index in [1.807, 2.05) is 18.2 Å². The van der Waals surface area contributed by atoms with Crippen molar-refractivity contribution >= 4 is 29.0 Å². The van der Waals surface area contributed by atoms with Crippen LogP contribution in [0.15, 0.2) is 42.5 Å². The molecule has 0 aromatic heterocycles. The first-order valence-corrected chi connectivity index (χ1v) is 6.95. The Kier molecular flexibility index (Phi) is 3.34. The fourth-order valence-corrected chi connectivity index (χ4v) is 2.91. The summed E-state index contributed by atoms with van der Waals surface area (Å²) >= 11 is 12.0. The molecule has 0 radical (unpaired) electrons. The number of carbonyl (C=O) groups excluding carboxylic acids is 1. The van der Waals surface area contributed by atoms with Crippen molar-refractivity contribution in [2.75, 3.05) is 0 Å². The summed E-state index contributed by atoms with van der Waals surface area (Å²) in [6, 6.07) is 13.3. The van der Waals surface area contributed by atoms with Crippen LogP contribution in [0.2, 0.25) is 10.0 Å². The normalized spacial score (nSPS) is 16.6. The Balaban J connectivity index is 1.79. The van der Waals surface area contributed by atoms with Gasteiger partial charge in [0.05, 0.1) is 0 Å². The molecule has 0 saturated heterocycles. The zero-order valence-electron chi connectivity index (χ0n) is 10.2. The molecule has 0 bridgehead atoms. The van der Waals surface area contributed by atoms with E-state index in [0.717, 1.165) is 17.5 Å². The first-order valence-electron chi connectivity index (χ1n) is 6.19. The van der Waals surface area contributed by atoms with Crippen LogP contribution in [0.5, 0.6) is 0 Å². The summed E-state index contributed by atoms with van der Waals surface area (Å²) in [4.78, 5) is 12.3. The predicted octanol–water partition coefficient (Wildman–Crippen LogP) is 4.44. The molecular weight excluding hydrogens is 279 g/mol.